The van der Waals surface area contributed by atoms with E-state index in [2.05, 4.69) is 10.5 Å². The Hall–Kier alpha value is -2.90. The van der Waals surface area contributed by atoms with Crippen LogP contribution in [0, 0.1) is 0 Å². The number of urea groups is 1. The minimum atomic E-state index is -0.935. The Morgan fingerprint density at radius 3 is 2.52 bits per heavy atom. The molecule has 8 nitrogen and oxygen atoms in total. The zero-order valence-electron chi connectivity index (χ0n) is 11.2. The summed E-state index contributed by atoms with van der Waals surface area (Å²) in [5.74, 6) is -1.19. The van der Waals surface area contributed by atoms with Gasteiger partial charge in [0.15, 0.2) is 0 Å². The van der Waals surface area contributed by atoms with Crippen LogP contribution in [0.4, 0.5) is 10.5 Å². The number of amides is 4. The van der Waals surface area contributed by atoms with Crippen molar-refractivity contribution in [2.75, 3.05) is 4.90 Å². The lowest BCUT2D eigenvalue weighted by molar-refractivity contribution is -0.123. The fourth-order valence-corrected chi connectivity index (χ4v) is 2.02. The Labute approximate surface area is 120 Å². The number of hydrogen-bond donors (Lipinski definition) is 3. The molecule has 4 N–H and O–H groups in total. The molecule has 1 aromatic rings. The van der Waals surface area contributed by atoms with E-state index in [9.17, 15) is 14.4 Å². The lowest BCUT2D eigenvalue weighted by Crippen LogP contribution is -2.34. The van der Waals surface area contributed by atoms with Crippen molar-refractivity contribution in [1.82, 2.24) is 5.32 Å². The Bertz CT molecular complexity index is 624. The molecule has 1 fully saturated rings. The van der Waals surface area contributed by atoms with Crippen molar-refractivity contribution in [3.63, 3.8) is 0 Å². The number of hydrogen-bond acceptors (Lipinski definition) is 5. The largest absolute Gasteiger partial charge is 0.411 e. The van der Waals surface area contributed by atoms with E-state index in [4.69, 9.17) is 10.9 Å². The summed E-state index contributed by atoms with van der Waals surface area (Å²) in [6.07, 6.45) is -0.241. The number of nitrogens with two attached hydrogens (primary N) is 1. The van der Waals surface area contributed by atoms with Gasteiger partial charge in [-0.25, -0.2) is 9.69 Å². The van der Waals surface area contributed by atoms with E-state index < -0.39 is 23.9 Å². The summed E-state index contributed by atoms with van der Waals surface area (Å²) in [6, 6.07) is 4.79. The SMILES string of the molecule is C/C(=N\O)c1ccc(N2C(=O)NC(CC(N)=O)C2=O)cc1. The molecule has 0 aliphatic carbocycles. The summed E-state index contributed by atoms with van der Waals surface area (Å²) in [7, 11) is 0. The van der Waals surface area contributed by atoms with E-state index in [0.717, 1.165) is 4.90 Å². The van der Waals surface area contributed by atoms with Crippen LogP contribution in [0.15, 0.2) is 29.4 Å². The van der Waals surface area contributed by atoms with Gasteiger partial charge in [-0.05, 0) is 24.6 Å². The monoisotopic (exact) mass is 290 g/mol. The highest BCUT2D eigenvalue weighted by atomic mass is 16.4. The number of carbonyl (C=O) groups excluding carboxylic acids is 3. The van der Waals surface area contributed by atoms with E-state index in [0.29, 0.717) is 17.0 Å². The topological polar surface area (TPSA) is 125 Å². The fourth-order valence-electron chi connectivity index (χ4n) is 2.02. The van der Waals surface area contributed by atoms with Crippen molar-refractivity contribution in [2.24, 2.45) is 10.9 Å². The van der Waals surface area contributed by atoms with Gasteiger partial charge in [-0.15, -0.1) is 0 Å². The number of carbonyl (C=O) groups is 3. The summed E-state index contributed by atoms with van der Waals surface area (Å²) in [5.41, 5.74) is 6.46. The average Bonchev–Trinajstić information content (AvgIpc) is 2.72. The maximum Gasteiger partial charge on any atom is 0.329 e. The molecule has 0 aromatic heterocycles. The second-order valence-electron chi connectivity index (χ2n) is 4.58. The van der Waals surface area contributed by atoms with Crippen LogP contribution in [0.25, 0.3) is 0 Å². The molecule has 1 aromatic carbocycles. The number of primary amides is 1. The van der Waals surface area contributed by atoms with Crippen molar-refractivity contribution in [2.45, 2.75) is 19.4 Å². The summed E-state index contributed by atoms with van der Waals surface area (Å²) in [5, 5.41) is 14.2. The van der Waals surface area contributed by atoms with Gasteiger partial charge >= 0.3 is 6.03 Å². The zero-order chi connectivity index (χ0) is 15.6. The maximum atomic E-state index is 12.1. The highest BCUT2D eigenvalue weighted by Gasteiger charge is 2.39. The van der Waals surface area contributed by atoms with E-state index in [-0.39, 0.29) is 6.42 Å². The highest BCUT2D eigenvalue weighted by Crippen LogP contribution is 2.21. The van der Waals surface area contributed by atoms with Gasteiger partial charge in [0, 0.05) is 0 Å². The van der Waals surface area contributed by atoms with Crippen molar-refractivity contribution in [1.29, 1.82) is 0 Å². The predicted octanol–water partition coefficient (Wildman–Crippen LogP) is 0.185. The van der Waals surface area contributed by atoms with E-state index in [1.54, 1.807) is 31.2 Å². The molecule has 0 saturated carbocycles. The first-order chi connectivity index (χ1) is 9.93. The lowest BCUT2D eigenvalue weighted by Gasteiger charge is -2.13. The van der Waals surface area contributed by atoms with Gasteiger partial charge in [0.25, 0.3) is 5.91 Å². The van der Waals surface area contributed by atoms with Crippen LogP contribution in [-0.2, 0) is 9.59 Å². The predicted molar refractivity (Wildman–Crippen MR) is 74.1 cm³/mol. The Balaban J connectivity index is 2.23. The molecule has 1 unspecified atom stereocenters. The fraction of sp³-hybridized carbons (Fsp3) is 0.231. The molecule has 1 saturated heterocycles. The third-order valence-corrected chi connectivity index (χ3v) is 3.12. The standard InChI is InChI=1S/C13H14N4O4/c1-7(16-21)8-2-4-9(5-3-8)17-12(19)10(6-11(14)18)15-13(17)20/h2-5,10,21H,6H2,1H3,(H2,14,18)(H,15,20)/b16-7+. The number of imide groups is 1. The first-order valence-corrected chi connectivity index (χ1v) is 6.16. The first-order valence-electron chi connectivity index (χ1n) is 6.16. The summed E-state index contributed by atoms with van der Waals surface area (Å²) < 4.78 is 0. The van der Waals surface area contributed by atoms with Gasteiger partial charge in [0.05, 0.1) is 17.8 Å². The highest BCUT2D eigenvalue weighted by molar-refractivity contribution is 6.22. The second-order valence-corrected chi connectivity index (χ2v) is 4.58. The van der Waals surface area contributed by atoms with Crippen LogP contribution < -0.4 is 16.0 Å². The van der Waals surface area contributed by atoms with E-state index in [1.165, 1.54) is 0 Å². The molecule has 0 radical (unpaired) electrons. The minimum Gasteiger partial charge on any atom is -0.411 e. The summed E-state index contributed by atoms with van der Waals surface area (Å²) >= 11 is 0. The molecule has 0 bridgehead atoms. The van der Waals surface area contributed by atoms with Crippen molar-refractivity contribution < 1.29 is 19.6 Å². The van der Waals surface area contributed by atoms with Gasteiger partial charge < -0.3 is 16.3 Å². The average molecular weight is 290 g/mol. The first kappa shape index (κ1) is 14.5. The van der Waals surface area contributed by atoms with Crippen molar-refractivity contribution in [3.05, 3.63) is 29.8 Å². The maximum absolute atomic E-state index is 12.1. The van der Waals surface area contributed by atoms with Crippen LogP contribution in [-0.4, -0.2) is 34.8 Å². The number of nitrogens with zero attached hydrogens (tertiary/aromatic N) is 2. The molecular formula is C13H14N4O4. The van der Waals surface area contributed by atoms with E-state index in [1.807, 2.05) is 0 Å². The van der Waals surface area contributed by atoms with Crippen LogP contribution in [0.1, 0.15) is 18.9 Å². The van der Waals surface area contributed by atoms with Gasteiger partial charge in [-0.3, -0.25) is 9.59 Å². The Kier molecular flexibility index (Phi) is 3.88. The molecule has 21 heavy (non-hydrogen) atoms. The molecule has 1 heterocycles. The normalized spacial score (nSPS) is 18.8. The summed E-state index contributed by atoms with van der Waals surface area (Å²) in [4.78, 5) is 35.7. The van der Waals surface area contributed by atoms with Crippen LogP contribution in [0.2, 0.25) is 0 Å². The molecule has 1 aliphatic heterocycles. The molecule has 2 rings (SSSR count). The van der Waals surface area contributed by atoms with E-state index >= 15 is 0 Å². The van der Waals surface area contributed by atoms with Gasteiger partial charge in [0.2, 0.25) is 5.91 Å². The number of anilines is 1. The number of benzene rings is 1. The molecule has 8 heteroatoms. The van der Waals surface area contributed by atoms with Crippen LogP contribution in [0.3, 0.4) is 0 Å². The Morgan fingerprint density at radius 1 is 1.38 bits per heavy atom. The molecule has 0 spiro atoms. The van der Waals surface area contributed by atoms with Gasteiger partial charge in [-0.2, -0.15) is 0 Å². The smallest absolute Gasteiger partial charge is 0.329 e. The van der Waals surface area contributed by atoms with Gasteiger partial charge in [-0.1, -0.05) is 17.3 Å². The number of rotatable bonds is 4. The van der Waals surface area contributed by atoms with Gasteiger partial charge in [0.1, 0.15) is 6.04 Å². The van der Waals surface area contributed by atoms with Crippen molar-refractivity contribution >= 4 is 29.2 Å². The third-order valence-electron chi connectivity index (χ3n) is 3.12. The Morgan fingerprint density at radius 2 is 2.00 bits per heavy atom. The number of nitrogens with one attached hydrogen (secondary N) is 1. The van der Waals surface area contributed by atoms with Crippen molar-refractivity contribution in [3.8, 4) is 0 Å². The molecular weight excluding hydrogens is 276 g/mol. The number of oxime groups is 1. The van der Waals surface area contributed by atoms with Crippen LogP contribution >= 0.6 is 0 Å². The zero-order valence-corrected chi connectivity index (χ0v) is 11.2. The van der Waals surface area contributed by atoms with Crippen LogP contribution in [0.5, 0.6) is 0 Å². The molecule has 1 atom stereocenters. The quantitative estimate of drug-likeness (QED) is 0.316. The minimum absolute atomic E-state index is 0.241. The molecule has 1 aliphatic rings. The lowest BCUT2D eigenvalue weighted by atomic mass is 10.1. The third kappa shape index (κ3) is 2.83. The summed E-state index contributed by atoms with van der Waals surface area (Å²) in [6.45, 7) is 1.62. The second kappa shape index (κ2) is 5.61. The molecule has 4 amide bonds. The molecule has 110 valence electrons.